The maximum Gasteiger partial charge on any atom is 0.339 e. The van der Waals surface area contributed by atoms with Gasteiger partial charge in [-0.3, -0.25) is 0 Å². The Morgan fingerprint density at radius 1 is 1.37 bits per heavy atom. The zero-order valence-electron chi connectivity index (χ0n) is 9.82. The molecule has 2 rings (SSSR count). The van der Waals surface area contributed by atoms with Crippen molar-refractivity contribution in [2.75, 3.05) is 5.32 Å². The van der Waals surface area contributed by atoms with Gasteiger partial charge >= 0.3 is 5.97 Å². The highest BCUT2D eigenvalue weighted by atomic mass is 35.5. The maximum absolute atomic E-state index is 10.9. The first kappa shape index (κ1) is 13.6. The van der Waals surface area contributed by atoms with Gasteiger partial charge in [-0.25, -0.2) is 14.8 Å². The molecule has 0 atom stereocenters. The van der Waals surface area contributed by atoms with Crippen LogP contribution < -0.4 is 5.32 Å². The number of benzene rings is 1. The molecule has 98 valence electrons. The molecule has 5 nitrogen and oxygen atoms in total. The molecule has 0 unspecified atom stereocenters. The van der Waals surface area contributed by atoms with Crippen LogP contribution in [0, 0.1) is 6.92 Å². The number of carboxylic acids is 1. The lowest BCUT2D eigenvalue weighted by Crippen LogP contribution is -2.06. The smallest absolute Gasteiger partial charge is 0.339 e. The van der Waals surface area contributed by atoms with E-state index in [2.05, 4.69) is 15.3 Å². The van der Waals surface area contributed by atoms with E-state index in [1.54, 1.807) is 25.1 Å². The fourth-order valence-corrected chi connectivity index (χ4v) is 1.79. The Morgan fingerprint density at radius 2 is 2.11 bits per heavy atom. The van der Waals surface area contributed by atoms with Gasteiger partial charge in [0.25, 0.3) is 0 Å². The summed E-state index contributed by atoms with van der Waals surface area (Å²) in [5.74, 6) is -0.809. The SMILES string of the molecule is Cc1nc(Nc2cc(Cl)ccc2Cl)ncc1C(=O)O. The monoisotopic (exact) mass is 297 g/mol. The lowest BCUT2D eigenvalue weighted by Gasteiger charge is -2.08. The summed E-state index contributed by atoms with van der Waals surface area (Å²) in [6.07, 6.45) is 1.24. The number of aryl methyl sites for hydroxylation is 1. The summed E-state index contributed by atoms with van der Waals surface area (Å²) in [6, 6.07) is 4.94. The van der Waals surface area contributed by atoms with Crippen molar-refractivity contribution in [3.63, 3.8) is 0 Å². The average molecular weight is 298 g/mol. The minimum atomic E-state index is -1.06. The topological polar surface area (TPSA) is 75.1 Å². The minimum absolute atomic E-state index is 0.0581. The van der Waals surface area contributed by atoms with Gasteiger partial charge in [0, 0.05) is 11.2 Å². The third kappa shape index (κ3) is 3.13. The van der Waals surface area contributed by atoms with Gasteiger partial charge in [-0.2, -0.15) is 0 Å². The third-order valence-electron chi connectivity index (χ3n) is 2.38. The molecular weight excluding hydrogens is 289 g/mol. The van der Waals surface area contributed by atoms with Crippen molar-refractivity contribution in [1.29, 1.82) is 0 Å². The molecule has 7 heteroatoms. The highest BCUT2D eigenvalue weighted by Crippen LogP contribution is 2.27. The van der Waals surface area contributed by atoms with Crippen molar-refractivity contribution in [2.24, 2.45) is 0 Å². The van der Waals surface area contributed by atoms with Crippen LogP contribution in [0.3, 0.4) is 0 Å². The quantitative estimate of drug-likeness (QED) is 0.906. The van der Waals surface area contributed by atoms with Gasteiger partial charge in [-0.05, 0) is 25.1 Å². The number of aromatic nitrogens is 2. The lowest BCUT2D eigenvalue weighted by molar-refractivity contribution is 0.0695. The van der Waals surface area contributed by atoms with Crippen molar-refractivity contribution in [3.05, 3.63) is 45.7 Å². The van der Waals surface area contributed by atoms with Crippen LogP contribution in [0.15, 0.2) is 24.4 Å². The Kier molecular flexibility index (Phi) is 3.87. The summed E-state index contributed by atoms with van der Waals surface area (Å²) in [7, 11) is 0. The molecule has 0 radical (unpaired) electrons. The maximum atomic E-state index is 10.9. The van der Waals surface area contributed by atoms with E-state index in [0.29, 0.717) is 21.4 Å². The van der Waals surface area contributed by atoms with Crippen molar-refractivity contribution in [2.45, 2.75) is 6.92 Å². The van der Waals surface area contributed by atoms with Crippen LogP contribution in [0.4, 0.5) is 11.6 Å². The number of nitrogens with one attached hydrogen (secondary N) is 1. The van der Waals surface area contributed by atoms with E-state index >= 15 is 0 Å². The Morgan fingerprint density at radius 3 is 2.74 bits per heavy atom. The van der Waals surface area contributed by atoms with Gasteiger partial charge < -0.3 is 10.4 Å². The van der Waals surface area contributed by atoms with E-state index in [1.807, 2.05) is 0 Å². The Labute approximate surface area is 119 Å². The molecule has 2 aromatic rings. The van der Waals surface area contributed by atoms with Crippen LogP contribution >= 0.6 is 23.2 Å². The Bertz CT molecular complexity index is 647. The van der Waals surface area contributed by atoms with E-state index in [9.17, 15) is 4.79 Å². The summed E-state index contributed by atoms with van der Waals surface area (Å²) in [4.78, 5) is 18.8. The number of anilines is 2. The molecule has 0 spiro atoms. The molecule has 0 aliphatic heterocycles. The highest BCUT2D eigenvalue weighted by Gasteiger charge is 2.10. The first-order chi connectivity index (χ1) is 8.97. The summed E-state index contributed by atoms with van der Waals surface area (Å²) in [5.41, 5.74) is 0.975. The molecule has 1 heterocycles. The molecule has 0 bridgehead atoms. The van der Waals surface area contributed by atoms with Gasteiger partial charge in [0.2, 0.25) is 5.95 Å². The summed E-state index contributed by atoms with van der Waals surface area (Å²) < 4.78 is 0. The molecule has 19 heavy (non-hydrogen) atoms. The number of hydrogen-bond donors (Lipinski definition) is 2. The Hall–Kier alpha value is -1.85. The molecule has 0 aliphatic rings. The number of nitrogens with zero attached hydrogens (tertiary/aromatic N) is 2. The van der Waals surface area contributed by atoms with E-state index in [-0.39, 0.29) is 11.5 Å². The number of aromatic carboxylic acids is 1. The van der Waals surface area contributed by atoms with E-state index in [4.69, 9.17) is 28.3 Å². The summed E-state index contributed by atoms with van der Waals surface area (Å²) in [5, 5.41) is 12.8. The van der Waals surface area contributed by atoms with Crippen LogP contribution in [0.25, 0.3) is 0 Å². The van der Waals surface area contributed by atoms with Gasteiger partial charge in [0.15, 0.2) is 0 Å². The lowest BCUT2D eigenvalue weighted by atomic mass is 10.2. The molecule has 0 fully saturated rings. The Balaban J connectivity index is 2.31. The van der Waals surface area contributed by atoms with E-state index < -0.39 is 5.97 Å². The van der Waals surface area contributed by atoms with Crippen molar-refractivity contribution in [1.82, 2.24) is 9.97 Å². The molecule has 0 aliphatic carbocycles. The molecule has 0 amide bonds. The van der Waals surface area contributed by atoms with E-state index in [0.717, 1.165) is 0 Å². The molecule has 0 saturated heterocycles. The van der Waals surface area contributed by atoms with Crippen LogP contribution in [-0.2, 0) is 0 Å². The van der Waals surface area contributed by atoms with Crippen LogP contribution in [0.1, 0.15) is 16.1 Å². The average Bonchev–Trinajstić information content (AvgIpc) is 2.33. The zero-order valence-corrected chi connectivity index (χ0v) is 11.3. The first-order valence-electron chi connectivity index (χ1n) is 5.26. The molecule has 2 N–H and O–H groups in total. The fraction of sp³-hybridized carbons (Fsp3) is 0.0833. The van der Waals surface area contributed by atoms with Gasteiger partial charge in [-0.15, -0.1) is 0 Å². The molecule has 1 aromatic heterocycles. The van der Waals surface area contributed by atoms with E-state index in [1.165, 1.54) is 6.20 Å². The number of carboxylic acid groups (broad SMARTS) is 1. The standard InChI is InChI=1S/C12H9Cl2N3O2/c1-6-8(11(18)19)5-15-12(16-6)17-10-4-7(13)2-3-9(10)14/h2-5H,1H3,(H,18,19)(H,15,16,17). The van der Waals surface area contributed by atoms with Gasteiger partial charge in [0.1, 0.15) is 0 Å². The number of rotatable bonds is 3. The number of carbonyl (C=O) groups is 1. The van der Waals surface area contributed by atoms with Crippen LogP contribution in [0.2, 0.25) is 10.0 Å². The second-order valence-electron chi connectivity index (χ2n) is 3.75. The normalized spacial score (nSPS) is 10.3. The molecular formula is C12H9Cl2N3O2. The molecule has 1 aromatic carbocycles. The fourth-order valence-electron chi connectivity index (χ4n) is 1.45. The minimum Gasteiger partial charge on any atom is -0.478 e. The van der Waals surface area contributed by atoms with Gasteiger partial charge in [-0.1, -0.05) is 23.2 Å². The third-order valence-corrected chi connectivity index (χ3v) is 2.95. The first-order valence-corrected chi connectivity index (χ1v) is 6.02. The zero-order chi connectivity index (χ0) is 14.0. The summed E-state index contributed by atoms with van der Waals surface area (Å²) >= 11 is 11.9. The van der Waals surface area contributed by atoms with Gasteiger partial charge in [0.05, 0.1) is 22.0 Å². The predicted octanol–water partition coefficient (Wildman–Crippen LogP) is 3.53. The van der Waals surface area contributed by atoms with Crippen molar-refractivity contribution >= 4 is 40.8 Å². The molecule has 0 saturated carbocycles. The second kappa shape index (κ2) is 5.42. The predicted molar refractivity (Wildman–Crippen MR) is 73.5 cm³/mol. The highest BCUT2D eigenvalue weighted by molar-refractivity contribution is 6.35. The van der Waals surface area contributed by atoms with Crippen molar-refractivity contribution < 1.29 is 9.90 Å². The number of hydrogen-bond acceptors (Lipinski definition) is 4. The summed E-state index contributed by atoms with van der Waals surface area (Å²) in [6.45, 7) is 1.59. The van der Waals surface area contributed by atoms with Crippen LogP contribution in [0.5, 0.6) is 0 Å². The van der Waals surface area contributed by atoms with Crippen LogP contribution in [-0.4, -0.2) is 21.0 Å². The second-order valence-corrected chi connectivity index (χ2v) is 4.59. The van der Waals surface area contributed by atoms with Crippen molar-refractivity contribution in [3.8, 4) is 0 Å². The number of halogens is 2. The largest absolute Gasteiger partial charge is 0.478 e.